The standard InChI is InChI=1S/C13H18N4O/c1-3-17-9-8-15-13(17)12(16-14)10-4-6-11(18-2)7-5-10/h4-9,12,16H,3,14H2,1-2H3. The van der Waals surface area contributed by atoms with Gasteiger partial charge in [0.1, 0.15) is 17.6 Å². The number of rotatable bonds is 5. The van der Waals surface area contributed by atoms with Crippen molar-refractivity contribution in [3.63, 3.8) is 0 Å². The molecule has 5 heteroatoms. The van der Waals surface area contributed by atoms with Crippen molar-refractivity contribution in [1.29, 1.82) is 0 Å². The lowest BCUT2D eigenvalue weighted by Gasteiger charge is -2.17. The van der Waals surface area contributed by atoms with E-state index in [0.29, 0.717) is 0 Å². The molecule has 0 spiro atoms. The molecule has 0 aliphatic heterocycles. The van der Waals surface area contributed by atoms with Gasteiger partial charge in [0, 0.05) is 18.9 Å². The predicted molar refractivity (Wildman–Crippen MR) is 70.1 cm³/mol. The summed E-state index contributed by atoms with van der Waals surface area (Å²) in [6.45, 7) is 2.94. The molecule has 0 saturated heterocycles. The number of aryl methyl sites for hydroxylation is 1. The molecule has 0 aliphatic rings. The molecule has 1 heterocycles. The first-order valence-corrected chi connectivity index (χ1v) is 5.91. The Hall–Kier alpha value is -1.85. The Balaban J connectivity index is 2.32. The van der Waals surface area contributed by atoms with Crippen molar-refractivity contribution in [3.05, 3.63) is 48.0 Å². The Bertz CT molecular complexity index is 492. The molecular weight excluding hydrogens is 228 g/mol. The van der Waals surface area contributed by atoms with Gasteiger partial charge in [-0.15, -0.1) is 0 Å². The topological polar surface area (TPSA) is 65.1 Å². The van der Waals surface area contributed by atoms with Gasteiger partial charge in [0.05, 0.1) is 7.11 Å². The van der Waals surface area contributed by atoms with Gasteiger partial charge < -0.3 is 9.30 Å². The maximum Gasteiger partial charge on any atom is 0.131 e. The van der Waals surface area contributed by atoms with Crippen molar-refractivity contribution in [1.82, 2.24) is 15.0 Å². The number of benzene rings is 1. The number of methoxy groups -OCH3 is 1. The number of ether oxygens (including phenoxy) is 1. The zero-order chi connectivity index (χ0) is 13.0. The summed E-state index contributed by atoms with van der Waals surface area (Å²) in [5.41, 5.74) is 3.86. The van der Waals surface area contributed by atoms with Crippen LogP contribution in [0.3, 0.4) is 0 Å². The summed E-state index contributed by atoms with van der Waals surface area (Å²) in [5.74, 6) is 7.39. The van der Waals surface area contributed by atoms with E-state index in [1.807, 2.05) is 30.5 Å². The Morgan fingerprint density at radius 2 is 2.11 bits per heavy atom. The minimum absolute atomic E-state index is 0.120. The number of hydrazine groups is 1. The molecule has 0 aliphatic carbocycles. The lowest BCUT2D eigenvalue weighted by Crippen LogP contribution is -2.31. The molecule has 0 amide bonds. The van der Waals surface area contributed by atoms with E-state index in [4.69, 9.17) is 10.6 Å². The molecule has 3 N–H and O–H groups in total. The van der Waals surface area contributed by atoms with Crippen molar-refractivity contribution >= 4 is 0 Å². The fourth-order valence-electron chi connectivity index (χ4n) is 1.96. The minimum atomic E-state index is -0.120. The molecular formula is C13H18N4O. The molecule has 18 heavy (non-hydrogen) atoms. The summed E-state index contributed by atoms with van der Waals surface area (Å²) in [4.78, 5) is 4.37. The average molecular weight is 246 g/mol. The largest absolute Gasteiger partial charge is 0.497 e. The van der Waals surface area contributed by atoms with Crippen LogP contribution in [0.2, 0.25) is 0 Å². The predicted octanol–water partition coefficient (Wildman–Crippen LogP) is 1.46. The van der Waals surface area contributed by atoms with Crippen molar-refractivity contribution in [2.24, 2.45) is 5.84 Å². The van der Waals surface area contributed by atoms with E-state index in [1.165, 1.54) is 0 Å². The SMILES string of the molecule is CCn1ccnc1C(NN)c1ccc(OC)cc1. The van der Waals surface area contributed by atoms with Crippen molar-refractivity contribution in [2.75, 3.05) is 7.11 Å². The summed E-state index contributed by atoms with van der Waals surface area (Å²) in [7, 11) is 1.65. The highest BCUT2D eigenvalue weighted by Gasteiger charge is 2.17. The summed E-state index contributed by atoms with van der Waals surface area (Å²) in [5, 5.41) is 0. The number of nitrogens with two attached hydrogens (primary N) is 1. The van der Waals surface area contributed by atoms with Gasteiger partial charge >= 0.3 is 0 Å². The lowest BCUT2D eigenvalue weighted by atomic mass is 10.1. The smallest absolute Gasteiger partial charge is 0.131 e. The normalized spacial score (nSPS) is 12.4. The highest BCUT2D eigenvalue weighted by atomic mass is 16.5. The Kier molecular flexibility index (Phi) is 3.96. The molecule has 96 valence electrons. The van der Waals surface area contributed by atoms with Gasteiger partial charge in [0.15, 0.2) is 0 Å². The van der Waals surface area contributed by atoms with Crippen LogP contribution in [0.15, 0.2) is 36.7 Å². The Labute approximate surface area is 107 Å². The number of nitrogens with zero attached hydrogens (tertiary/aromatic N) is 2. The van der Waals surface area contributed by atoms with Gasteiger partial charge in [-0.2, -0.15) is 0 Å². The molecule has 0 saturated carbocycles. The van der Waals surface area contributed by atoms with E-state index in [1.54, 1.807) is 13.3 Å². The molecule has 1 atom stereocenters. The number of hydrogen-bond acceptors (Lipinski definition) is 4. The van der Waals surface area contributed by atoms with Gasteiger partial charge in [-0.25, -0.2) is 10.4 Å². The van der Waals surface area contributed by atoms with E-state index >= 15 is 0 Å². The van der Waals surface area contributed by atoms with E-state index in [2.05, 4.69) is 21.9 Å². The van der Waals surface area contributed by atoms with Crippen molar-refractivity contribution < 1.29 is 4.74 Å². The molecule has 1 unspecified atom stereocenters. The van der Waals surface area contributed by atoms with Crippen LogP contribution in [0.25, 0.3) is 0 Å². The second-order valence-corrected chi connectivity index (χ2v) is 3.94. The fourth-order valence-corrected chi connectivity index (χ4v) is 1.96. The van der Waals surface area contributed by atoms with Gasteiger partial charge in [-0.3, -0.25) is 5.84 Å². The maximum atomic E-state index is 5.66. The second kappa shape index (κ2) is 5.66. The van der Waals surface area contributed by atoms with E-state index in [0.717, 1.165) is 23.7 Å². The third kappa shape index (κ3) is 2.37. The summed E-state index contributed by atoms with van der Waals surface area (Å²) < 4.78 is 7.21. The van der Waals surface area contributed by atoms with Gasteiger partial charge in [0.2, 0.25) is 0 Å². The van der Waals surface area contributed by atoms with Crippen LogP contribution in [-0.4, -0.2) is 16.7 Å². The van der Waals surface area contributed by atoms with Crippen LogP contribution in [0.5, 0.6) is 5.75 Å². The first kappa shape index (κ1) is 12.6. The van der Waals surface area contributed by atoms with Gasteiger partial charge in [0.25, 0.3) is 0 Å². The molecule has 1 aromatic heterocycles. The molecule has 2 aromatic rings. The van der Waals surface area contributed by atoms with E-state index in [-0.39, 0.29) is 6.04 Å². The Morgan fingerprint density at radius 3 is 2.67 bits per heavy atom. The summed E-state index contributed by atoms with van der Waals surface area (Å²) in [6.07, 6.45) is 3.73. The Morgan fingerprint density at radius 1 is 1.39 bits per heavy atom. The third-order valence-corrected chi connectivity index (χ3v) is 2.96. The molecule has 0 fully saturated rings. The molecule has 0 bridgehead atoms. The van der Waals surface area contributed by atoms with Crippen LogP contribution >= 0.6 is 0 Å². The van der Waals surface area contributed by atoms with E-state index in [9.17, 15) is 0 Å². The van der Waals surface area contributed by atoms with Gasteiger partial charge in [-0.1, -0.05) is 12.1 Å². The lowest BCUT2D eigenvalue weighted by molar-refractivity contribution is 0.414. The first-order valence-electron chi connectivity index (χ1n) is 5.91. The first-order chi connectivity index (χ1) is 8.80. The fraction of sp³-hybridized carbons (Fsp3) is 0.308. The average Bonchev–Trinajstić information content (AvgIpc) is 2.89. The zero-order valence-corrected chi connectivity index (χ0v) is 10.6. The summed E-state index contributed by atoms with van der Waals surface area (Å²) in [6, 6.07) is 7.68. The van der Waals surface area contributed by atoms with Gasteiger partial charge in [-0.05, 0) is 24.6 Å². The molecule has 1 aromatic carbocycles. The van der Waals surface area contributed by atoms with Crippen molar-refractivity contribution in [2.45, 2.75) is 19.5 Å². The molecule has 2 rings (SSSR count). The second-order valence-electron chi connectivity index (χ2n) is 3.94. The maximum absolute atomic E-state index is 5.66. The highest BCUT2D eigenvalue weighted by Crippen LogP contribution is 2.22. The van der Waals surface area contributed by atoms with E-state index < -0.39 is 0 Å². The molecule has 5 nitrogen and oxygen atoms in total. The number of imidazole rings is 1. The molecule has 0 radical (unpaired) electrons. The summed E-state index contributed by atoms with van der Waals surface area (Å²) >= 11 is 0. The number of aromatic nitrogens is 2. The minimum Gasteiger partial charge on any atom is -0.497 e. The van der Waals surface area contributed by atoms with Crippen molar-refractivity contribution in [3.8, 4) is 5.75 Å². The zero-order valence-electron chi connectivity index (χ0n) is 10.6. The highest BCUT2D eigenvalue weighted by molar-refractivity contribution is 5.32. The number of nitrogens with one attached hydrogen (secondary N) is 1. The number of hydrogen-bond donors (Lipinski definition) is 2. The monoisotopic (exact) mass is 246 g/mol. The van der Waals surface area contributed by atoms with Crippen LogP contribution in [0.4, 0.5) is 0 Å². The third-order valence-electron chi connectivity index (χ3n) is 2.96. The van der Waals surface area contributed by atoms with Crippen LogP contribution in [0.1, 0.15) is 24.4 Å². The van der Waals surface area contributed by atoms with Crippen LogP contribution in [0, 0.1) is 0 Å². The van der Waals surface area contributed by atoms with Crippen LogP contribution < -0.4 is 16.0 Å². The van der Waals surface area contributed by atoms with Crippen LogP contribution in [-0.2, 0) is 6.54 Å². The quantitative estimate of drug-likeness (QED) is 0.619.